The second kappa shape index (κ2) is 8.85. The number of nitriles is 1. The zero-order chi connectivity index (χ0) is 19.9. The van der Waals surface area contributed by atoms with Crippen molar-refractivity contribution in [2.45, 2.75) is 0 Å². The average molecular weight is 371 g/mol. The summed E-state index contributed by atoms with van der Waals surface area (Å²) in [6, 6.07) is 22.9. The van der Waals surface area contributed by atoms with Crippen LogP contribution in [0.2, 0.25) is 0 Å². The minimum atomic E-state index is -0.444. The number of benzene rings is 3. The Balaban J connectivity index is 1.80. The second-order valence-electron chi connectivity index (χ2n) is 6.39. The number of rotatable bonds is 6. The van der Waals surface area contributed by atoms with Crippen LogP contribution in [0.4, 0.5) is 11.4 Å². The molecule has 0 atom stereocenters. The van der Waals surface area contributed by atoms with E-state index in [-0.39, 0.29) is 12.2 Å². The van der Waals surface area contributed by atoms with Gasteiger partial charge in [0.25, 0.3) is 5.91 Å². The molecule has 0 unspecified atom stereocenters. The monoisotopic (exact) mass is 371 g/mol. The highest BCUT2D eigenvalue weighted by Crippen LogP contribution is 2.23. The molecular weight excluding hydrogens is 350 g/mol. The Morgan fingerprint density at radius 3 is 2.54 bits per heavy atom. The summed E-state index contributed by atoms with van der Waals surface area (Å²) in [6.07, 6.45) is 1.57. The van der Waals surface area contributed by atoms with E-state index in [9.17, 15) is 10.1 Å². The maximum absolute atomic E-state index is 12.6. The van der Waals surface area contributed by atoms with Crippen molar-refractivity contribution < 1.29 is 9.90 Å². The summed E-state index contributed by atoms with van der Waals surface area (Å²) >= 11 is 0. The molecule has 0 radical (unpaired) electrons. The number of likely N-dealkylation sites (N-methyl/N-ethyl adjacent to an activating group) is 1. The molecule has 140 valence electrons. The molecule has 0 aliphatic rings. The highest BCUT2D eigenvalue weighted by atomic mass is 16.3. The van der Waals surface area contributed by atoms with Crippen molar-refractivity contribution in [3.8, 4) is 6.07 Å². The van der Waals surface area contributed by atoms with Crippen molar-refractivity contribution in [1.29, 1.82) is 5.26 Å². The van der Waals surface area contributed by atoms with Crippen molar-refractivity contribution >= 4 is 34.1 Å². The van der Waals surface area contributed by atoms with E-state index < -0.39 is 5.91 Å². The number of aliphatic hydroxyl groups excluding tert-OH is 1. The number of hydrogen-bond donors (Lipinski definition) is 2. The fraction of sp³-hybridized carbons (Fsp3) is 0.130. The van der Waals surface area contributed by atoms with Crippen LogP contribution in [0.5, 0.6) is 0 Å². The molecule has 5 heteroatoms. The lowest BCUT2D eigenvalue weighted by atomic mass is 10.1. The largest absolute Gasteiger partial charge is 0.395 e. The minimum absolute atomic E-state index is 0.0318. The maximum atomic E-state index is 12.6. The van der Waals surface area contributed by atoms with Gasteiger partial charge < -0.3 is 15.3 Å². The fourth-order valence-electron chi connectivity index (χ4n) is 2.94. The van der Waals surface area contributed by atoms with Crippen molar-refractivity contribution in [3.63, 3.8) is 0 Å². The van der Waals surface area contributed by atoms with Crippen molar-refractivity contribution in [3.05, 3.63) is 77.9 Å². The lowest BCUT2D eigenvalue weighted by Gasteiger charge is -2.17. The van der Waals surface area contributed by atoms with Gasteiger partial charge in [0.15, 0.2) is 0 Å². The van der Waals surface area contributed by atoms with Crippen LogP contribution in [0.15, 0.2) is 72.3 Å². The van der Waals surface area contributed by atoms with E-state index in [2.05, 4.69) is 5.32 Å². The lowest BCUT2D eigenvalue weighted by Crippen LogP contribution is -2.20. The number of hydrogen-bond acceptors (Lipinski definition) is 4. The number of carbonyl (C=O) groups is 1. The number of nitrogens with zero attached hydrogens (tertiary/aromatic N) is 2. The molecule has 5 nitrogen and oxygen atoms in total. The summed E-state index contributed by atoms with van der Waals surface area (Å²) in [7, 11) is 1.89. The lowest BCUT2D eigenvalue weighted by molar-refractivity contribution is -0.112. The Morgan fingerprint density at radius 2 is 1.82 bits per heavy atom. The normalized spacial score (nSPS) is 11.1. The van der Waals surface area contributed by atoms with E-state index in [1.54, 1.807) is 6.08 Å². The molecule has 0 saturated heterocycles. The van der Waals surface area contributed by atoms with Gasteiger partial charge >= 0.3 is 0 Å². The van der Waals surface area contributed by atoms with Gasteiger partial charge in [-0.2, -0.15) is 5.26 Å². The summed E-state index contributed by atoms with van der Waals surface area (Å²) in [5.74, 6) is -0.444. The summed E-state index contributed by atoms with van der Waals surface area (Å²) in [4.78, 5) is 14.5. The maximum Gasteiger partial charge on any atom is 0.266 e. The van der Waals surface area contributed by atoms with Crippen LogP contribution in [-0.4, -0.2) is 31.2 Å². The second-order valence-corrected chi connectivity index (χ2v) is 6.39. The quantitative estimate of drug-likeness (QED) is 0.510. The Kier molecular flexibility index (Phi) is 6.05. The molecule has 0 aliphatic carbocycles. The van der Waals surface area contributed by atoms with Crippen LogP contribution < -0.4 is 10.2 Å². The van der Waals surface area contributed by atoms with E-state index in [1.807, 2.05) is 84.7 Å². The highest BCUT2D eigenvalue weighted by molar-refractivity contribution is 6.12. The van der Waals surface area contributed by atoms with Gasteiger partial charge in [0.05, 0.1) is 6.61 Å². The van der Waals surface area contributed by atoms with Crippen LogP contribution in [0.3, 0.4) is 0 Å². The smallest absolute Gasteiger partial charge is 0.266 e. The molecule has 0 aliphatic heterocycles. The van der Waals surface area contributed by atoms with Gasteiger partial charge in [-0.25, -0.2) is 0 Å². The number of carbonyl (C=O) groups excluding carboxylic acids is 1. The third-order valence-corrected chi connectivity index (χ3v) is 4.48. The number of fused-ring (bicyclic) bond motifs is 1. The van der Waals surface area contributed by atoms with Gasteiger partial charge in [0.1, 0.15) is 11.6 Å². The Labute approximate surface area is 164 Å². The SMILES string of the molecule is CN(CCO)c1ccc(/C=C(\C#N)C(=O)Nc2cccc3ccccc23)cc1. The Bertz CT molecular complexity index is 1040. The zero-order valence-corrected chi connectivity index (χ0v) is 15.6. The zero-order valence-electron chi connectivity index (χ0n) is 15.6. The van der Waals surface area contributed by atoms with Gasteiger partial charge in [0, 0.05) is 30.4 Å². The third kappa shape index (κ3) is 4.37. The Hall–Kier alpha value is -3.62. The summed E-state index contributed by atoms with van der Waals surface area (Å²) in [5.41, 5.74) is 2.41. The van der Waals surface area contributed by atoms with Gasteiger partial charge in [0.2, 0.25) is 0 Å². The van der Waals surface area contributed by atoms with E-state index >= 15 is 0 Å². The molecule has 0 aromatic heterocycles. The van der Waals surface area contributed by atoms with Crippen LogP contribution in [0, 0.1) is 11.3 Å². The van der Waals surface area contributed by atoms with Crippen molar-refractivity contribution in [2.24, 2.45) is 0 Å². The third-order valence-electron chi connectivity index (χ3n) is 4.48. The molecule has 3 rings (SSSR count). The average Bonchev–Trinajstić information content (AvgIpc) is 2.73. The molecule has 28 heavy (non-hydrogen) atoms. The minimum Gasteiger partial charge on any atom is -0.395 e. The van der Waals surface area contributed by atoms with Gasteiger partial charge in [-0.15, -0.1) is 0 Å². The molecule has 3 aromatic rings. The van der Waals surface area contributed by atoms with E-state index in [1.165, 1.54) is 0 Å². The van der Waals surface area contributed by atoms with Gasteiger partial charge in [-0.1, -0.05) is 48.5 Å². The first-order valence-electron chi connectivity index (χ1n) is 8.95. The van der Waals surface area contributed by atoms with E-state index in [4.69, 9.17) is 5.11 Å². The molecule has 3 aromatic carbocycles. The van der Waals surface area contributed by atoms with Crippen molar-refractivity contribution in [2.75, 3.05) is 30.4 Å². The van der Waals surface area contributed by atoms with Crippen LogP contribution in [0.1, 0.15) is 5.56 Å². The highest BCUT2D eigenvalue weighted by Gasteiger charge is 2.11. The topological polar surface area (TPSA) is 76.4 Å². The summed E-state index contributed by atoms with van der Waals surface area (Å²) in [6.45, 7) is 0.608. The predicted molar refractivity (Wildman–Crippen MR) is 113 cm³/mol. The van der Waals surface area contributed by atoms with Crippen LogP contribution in [0.25, 0.3) is 16.8 Å². The first-order chi connectivity index (χ1) is 13.6. The summed E-state index contributed by atoms with van der Waals surface area (Å²) < 4.78 is 0. The van der Waals surface area contributed by atoms with Crippen molar-refractivity contribution in [1.82, 2.24) is 0 Å². The molecular formula is C23H21N3O2. The first-order valence-corrected chi connectivity index (χ1v) is 8.95. The number of anilines is 2. The molecule has 0 fully saturated rings. The molecule has 2 N–H and O–H groups in total. The molecule has 0 heterocycles. The number of nitrogens with one attached hydrogen (secondary N) is 1. The van der Waals surface area contributed by atoms with E-state index in [0.29, 0.717) is 12.2 Å². The fourth-order valence-corrected chi connectivity index (χ4v) is 2.94. The molecule has 0 saturated carbocycles. The molecule has 1 amide bonds. The van der Waals surface area contributed by atoms with Crippen LogP contribution in [-0.2, 0) is 4.79 Å². The van der Waals surface area contributed by atoms with E-state index in [0.717, 1.165) is 22.0 Å². The van der Waals surface area contributed by atoms with Crippen LogP contribution >= 0.6 is 0 Å². The first kappa shape index (κ1) is 19.2. The van der Waals surface area contributed by atoms with Gasteiger partial charge in [-0.05, 0) is 35.2 Å². The number of aliphatic hydroxyl groups is 1. The predicted octanol–water partition coefficient (Wildman–Crippen LogP) is 3.81. The molecule has 0 spiro atoms. The number of amides is 1. The summed E-state index contributed by atoms with van der Waals surface area (Å²) in [5, 5.41) is 23.2. The van der Waals surface area contributed by atoms with Gasteiger partial charge in [-0.3, -0.25) is 4.79 Å². The molecule has 0 bridgehead atoms. The standard InChI is InChI=1S/C23H21N3O2/c1-26(13-14-27)20-11-9-17(10-12-20)15-19(16-24)23(28)25-22-8-4-6-18-5-2-3-7-21(18)22/h2-12,15,27H,13-14H2,1H3,(H,25,28)/b19-15+. The Morgan fingerprint density at radius 1 is 1.11 bits per heavy atom.